The zero-order valence-corrected chi connectivity index (χ0v) is 17.1. The first-order chi connectivity index (χ1) is 14.9. The van der Waals surface area contributed by atoms with Crippen molar-refractivity contribution in [3.63, 3.8) is 0 Å². The molecular formula is C24H21N3O4. The Balaban J connectivity index is 1.53. The number of para-hydroxylation sites is 1. The van der Waals surface area contributed by atoms with Crippen LogP contribution in [0.5, 0.6) is 5.75 Å². The van der Waals surface area contributed by atoms with Gasteiger partial charge in [-0.15, -0.1) is 0 Å². The highest BCUT2D eigenvalue weighted by atomic mass is 16.5. The monoisotopic (exact) mass is 415 g/mol. The molecule has 0 aliphatic heterocycles. The van der Waals surface area contributed by atoms with Crippen molar-refractivity contribution >= 4 is 29.7 Å². The Kier molecular flexibility index (Phi) is 6.90. The number of benzene rings is 3. The Labute approximate surface area is 179 Å². The third kappa shape index (κ3) is 5.86. The molecule has 2 N–H and O–H groups in total. The highest BCUT2D eigenvalue weighted by molar-refractivity contribution is 6.39. The number of ether oxygens (including phenoxy) is 1. The summed E-state index contributed by atoms with van der Waals surface area (Å²) in [4.78, 5) is 36.1. The molecule has 0 saturated carbocycles. The molecule has 0 heterocycles. The van der Waals surface area contributed by atoms with Gasteiger partial charge in [-0.2, -0.15) is 5.10 Å². The van der Waals surface area contributed by atoms with Crippen molar-refractivity contribution in [2.24, 2.45) is 5.10 Å². The third-order valence-corrected chi connectivity index (χ3v) is 4.43. The summed E-state index contributed by atoms with van der Waals surface area (Å²) >= 11 is 0. The van der Waals surface area contributed by atoms with E-state index in [1.807, 2.05) is 38.1 Å². The maximum Gasteiger partial charge on any atom is 0.343 e. The first kappa shape index (κ1) is 21.4. The zero-order valence-electron chi connectivity index (χ0n) is 17.1. The van der Waals surface area contributed by atoms with Crippen molar-refractivity contribution in [3.8, 4) is 5.75 Å². The Morgan fingerprint density at radius 3 is 2.13 bits per heavy atom. The number of hydrogen-bond donors (Lipinski definition) is 2. The smallest absolute Gasteiger partial charge is 0.343 e. The largest absolute Gasteiger partial charge is 0.423 e. The Bertz CT molecular complexity index is 1140. The average molecular weight is 415 g/mol. The van der Waals surface area contributed by atoms with Crippen LogP contribution >= 0.6 is 0 Å². The molecule has 0 bridgehead atoms. The van der Waals surface area contributed by atoms with Gasteiger partial charge in [0.05, 0.1) is 11.8 Å². The van der Waals surface area contributed by atoms with Crippen molar-refractivity contribution in [3.05, 3.63) is 95.1 Å². The van der Waals surface area contributed by atoms with Crippen LogP contribution in [-0.4, -0.2) is 24.0 Å². The molecule has 0 atom stereocenters. The topological polar surface area (TPSA) is 96.9 Å². The summed E-state index contributed by atoms with van der Waals surface area (Å²) in [5.74, 6) is -1.76. The summed E-state index contributed by atoms with van der Waals surface area (Å²) in [6.45, 7) is 3.67. The van der Waals surface area contributed by atoms with Crippen LogP contribution in [0.15, 0.2) is 77.9 Å². The number of esters is 1. The summed E-state index contributed by atoms with van der Waals surface area (Å²) in [6.07, 6.45) is 1.38. The van der Waals surface area contributed by atoms with Gasteiger partial charge in [0.2, 0.25) is 0 Å². The third-order valence-electron chi connectivity index (χ3n) is 4.43. The second kappa shape index (κ2) is 9.98. The van der Waals surface area contributed by atoms with Gasteiger partial charge in [0, 0.05) is 5.69 Å². The van der Waals surface area contributed by atoms with Crippen molar-refractivity contribution in [1.82, 2.24) is 5.43 Å². The van der Waals surface area contributed by atoms with E-state index in [0.717, 1.165) is 11.1 Å². The minimum Gasteiger partial charge on any atom is -0.423 e. The lowest BCUT2D eigenvalue weighted by Crippen LogP contribution is -2.32. The Morgan fingerprint density at radius 2 is 1.45 bits per heavy atom. The van der Waals surface area contributed by atoms with Crippen LogP contribution in [0, 0.1) is 13.8 Å². The normalized spacial score (nSPS) is 10.5. The molecule has 0 spiro atoms. The fourth-order valence-electron chi connectivity index (χ4n) is 2.69. The molecule has 156 valence electrons. The molecule has 3 aromatic carbocycles. The lowest BCUT2D eigenvalue weighted by atomic mass is 10.1. The average Bonchev–Trinajstić information content (AvgIpc) is 2.76. The van der Waals surface area contributed by atoms with Crippen LogP contribution in [0.2, 0.25) is 0 Å². The predicted octanol–water partition coefficient (Wildman–Crippen LogP) is 3.61. The van der Waals surface area contributed by atoms with E-state index in [-0.39, 0.29) is 0 Å². The SMILES string of the molecule is Cc1ccccc1NC(=O)C(=O)N/N=C\c1ccc(OC(=O)c2ccccc2C)cc1. The van der Waals surface area contributed by atoms with Gasteiger partial charge in [-0.3, -0.25) is 9.59 Å². The molecule has 0 aliphatic carbocycles. The van der Waals surface area contributed by atoms with Gasteiger partial charge in [-0.25, -0.2) is 10.2 Å². The van der Waals surface area contributed by atoms with Crippen molar-refractivity contribution in [2.75, 3.05) is 5.32 Å². The number of rotatable bonds is 5. The number of carbonyl (C=O) groups is 3. The molecule has 0 saturated heterocycles. The van der Waals surface area contributed by atoms with Crippen LogP contribution in [0.4, 0.5) is 5.69 Å². The van der Waals surface area contributed by atoms with E-state index in [1.54, 1.807) is 48.5 Å². The highest BCUT2D eigenvalue weighted by Gasteiger charge is 2.14. The standard InChI is InChI=1S/C24H21N3O4/c1-16-7-3-5-9-20(16)24(30)31-19-13-11-18(12-14-19)15-25-27-23(29)22(28)26-21-10-6-4-8-17(21)2/h3-15H,1-2H3,(H,26,28)(H,27,29)/b25-15-. The van der Waals surface area contributed by atoms with Gasteiger partial charge < -0.3 is 10.1 Å². The van der Waals surface area contributed by atoms with Crippen LogP contribution in [-0.2, 0) is 9.59 Å². The molecule has 7 heteroatoms. The summed E-state index contributed by atoms with van der Waals surface area (Å²) in [7, 11) is 0. The minimum atomic E-state index is -0.886. The molecule has 0 aliphatic rings. The fourth-order valence-corrected chi connectivity index (χ4v) is 2.69. The van der Waals surface area contributed by atoms with E-state index in [1.165, 1.54) is 6.21 Å². The van der Waals surface area contributed by atoms with E-state index >= 15 is 0 Å². The van der Waals surface area contributed by atoms with E-state index in [4.69, 9.17) is 4.74 Å². The molecule has 2 amide bonds. The van der Waals surface area contributed by atoms with E-state index in [2.05, 4.69) is 15.8 Å². The van der Waals surface area contributed by atoms with Crippen LogP contribution < -0.4 is 15.5 Å². The van der Waals surface area contributed by atoms with E-state index in [9.17, 15) is 14.4 Å². The van der Waals surface area contributed by atoms with Gasteiger partial charge in [0.25, 0.3) is 0 Å². The second-order valence-corrected chi connectivity index (χ2v) is 6.74. The number of anilines is 1. The van der Waals surface area contributed by atoms with Crippen LogP contribution in [0.3, 0.4) is 0 Å². The molecule has 0 aromatic heterocycles. The quantitative estimate of drug-likeness (QED) is 0.219. The van der Waals surface area contributed by atoms with Crippen molar-refractivity contribution in [1.29, 1.82) is 0 Å². The Morgan fingerprint density at radius 1 is 0.806 bits per heavy atom. The summed E-state index contributed by atoms with van der Waals surface area (Å²) in [5, 5.41) is 6.31. The number of amides is 2. The first-order valence-corrected chi connectivity index (χ1v) is 9.52. The molecule has 3 rings (SSSR count). The van der Waals surface area contributed by atoms with Gasteiger partial charge in [0.1, 0.15) is 5.75 Å². The van der Waals surface area contributed by atoms with Crippen molar-refractivity contribution < 1.29 is 19.1 Å². The molecular weight excluding hydrogens is 394 g/mol. The maximum atomic E-state index is 12.2. The lowest BCUT2D eigenvalue weighted by Gasteiger charge is -2.07. The molecule has 31 heavy (non-hydrogen) atoms. The highest BCUT2D eigenvalue weighted by Crippen LogP contribution is 2.15. The van der Waals surface area contributed by atoms with Gasteiger partial charge in [-0.1, -0.05) is 36.4 Å². The number of hydrazone groups is 1. The van der Waals surface area contributed by atoms with Gasteiger partial charge in [0.15, 0.2) is 0 Å². The first-order valence-electron chi connectivity index (χ1n) is 9.52. The summed E-state index contributed by atoms with van der Waals surface area (Å²) < 4.78 is 5.37. The fraction of sp³-hybridized carbons (Fsp3) is 0.0833. The molecule has 3 aromatic rings. The second-order valence-electron chi connectivity index (χ2n) is 6.74. The lowest BCUT2D eigenvalue weighted by molar-refractivity contribution is -0.136. The van der Waals surface area contributed by atoms with E-state index < -0.39 is 17.8 Å². The Hall–Kier alpha value is -4.26. The number of carbonyl (C=O) groups excluding carboxylic acids is 3. The summed E-state index contributed by atoms with van der Waals surface area (Å²) in [6, 6.07) is 20.9. The molecule has 0 radical (unpaired) electrons. The van der Waals surface area contributed by atoms with Gasteiger partial charge in [-0.05, 0) is 66.9 Å². The summed E-state index contributed by atoms with van der Waals surface area (Å²) in [5.41, 5.74) is 5.56. The zero-order chi connectivity index (χ0) is 22.2. The number of hydrogen-bond acceptors (Lipinski definition) is 5. The van der Waals surface area contributed by atoms with Crippen molar-refractivity contribution in [2.45, 2.75) is 13.8 Å². The number of nitrogens with one attached hydrogen (secondary N) is 2. The van der Waals surface area contributed by atoms with Gasteiger partial charge >= 0.3 is 17.8 Å². The van der Waals surface area contributed by atoms with Crippen LogP contribution in [0.25, 0.3) is 0 Å². The van der Waals surface area contributed by atoms with Crippen LogP contribution in [0.1, 0.15) is 27.0 Å². The minimum absolute atomic E-state index is 0.382. The predicted molar refractivity (Wildman–Crippen MR) is 118 cm³/mol. The molecule has 0 fully saturated rings. The molecule has 7 nitrogen and oxygen atoms in total. The number of nitrogens with zero attached hydrogens (tertiary/aromatic N) is 1. The van der Waals surface area contributed by atoms with E-state index in [0.29, 0.717) is 22.6 Å². The number of aryl methyl sites for hydroxylation is 2. The molecule has 0 unspecified atom stereocenters. The maximum absolute atomic E-state index is 12.2.